The van der Waals surface area contributed by atoms with Gasteiger partial charge in [0.1, 0.15) is 11.6 Å². The molecule has 0 amide bonds. The van der Waals surface area contributed by atoms with Crippen LogP contribution in [0.2, 0.25) is 0 Å². The number of hydrogen-bond donors (Lipinski definition) is 1. The lowest BCUT2D eigenvalue weighted by Crippen LogP contribution is -2.04. The van der Waals surface area contributed by atoms with E-state index in [2.05, 4.69) is 0 Å². The molecule has 5 heteroatoms. The minimum Gasteiger partial charge on any atom is -0.285 e. The molecular weight excluding hydrogens is 207 g/mol. The highest BCUT2D eigenvalue weighted by Gasteiger charge is 2.11. The Morgan fingerprint density at radius 3 is 2.36 bits per heavy atom. The number of hydrogen-bond acceptors (Lipinski definition) is 2. The van der Waals surface area contributed by atoms with Gasteiger partial charge in [-0.1, -0.05) is 6.07 Å². The first kappa shape index (κ1) is 11.1. The molecule has 0 unspecified atom stereocenters. The van der Waals surface area contributed by atoms with E-state index < -0.39 is 15.9 Å². The smallest absolute Gasteiger partial charge is 0.269 e. The van der Waals surface area contributed by atoms with Gasteiger partial charge in [0, 0.05) is 0 Å². The van der Waals surface area contributed by atoms with Crippen LogP contribution in [0.4, 0.5) is 4.39 Å². The Labute approximate surface area is 82.3 Å². The summed E-state index contributed by atoms with van der Waals surface area (Å²) >= 11 is 0. The third-order valence-corrected chi connectivity index (χ3v) is 2.85. The lowest BCUT2D eigenvalue weighted by molar-refractivity contribution is 0.482. The first-order chi connectivity index (χ1) is 6.31. The van der Waals surface area contributed by atoms with Crippen molar-refractivity contribution in [2.75, 3.05) is 0 Å². The van der Waals surface area contributed by atoms with E-state index in [0.29, 0.717) is 16.7 Å². The third-order valence-electron chi connectivity index (χ3n) is 2.17. The minimum atomic E-state index is -4.05. The molecule has 0 spiro atoms. The van der Waals surface area contributed by atoms with E-state index in [1.807, 2.05) is 0 Å². The van der Waals surface area contributed by atoms with E-state index in [0.717, 1.165) is 0 Å². The SMILES string of the molecule is Cc1c(F)ccc(CS(=O)(=O)O)c1C. The van der Waals surface area contributed by atoms with Crippen LogP contribution in [0.15, 0.2) is 12.1 Å². The fourth-order valence-electron chi connectivity index (χ4n) is 1.20. The van der Waals surface area contributed by atoms with Gasteiger partial charge in [0.05, 0.1) is 0 Å². The molecule has 0 aromatic heterocycles. The maximum atomic E-state index is 13.0. The van der Waals surface area contributed by atoms with Gasteiger partial charge in [-0.05, 0) is 36.6 Å². The van der Waals surface area contributed by atoms with Gasteiger partial charge in [-0.2, -0.15) is 8.42 Å². The van der Waals surface area contributed by atoms with Gasteiger partial charge in [0.25, 0.3) is 10.1 Å². The van der Waals surface area contributed by atoms with E-state index in [9.17, 15) is 12.8 Å². The molecule has 0 aliphatic rings. The van der Waals surface area contributed by atoms with Crippen molar-refractivity contribution in [3.63, 3.8) is 0 Å². The van der Waals surface area contributed by atoms with Crippen LogP contribution >= 0.6 is 0 Å². The summed E-state index contributed by atoms with van der Waals surface area (Å²) in [4.78, 5) is 0. The van der Waals surface area contributed by atoms with E-state index in [-0.39, 0.29) is 5.82 Å². The summed E-state index contributed by atoms with van der Waals surface area (Å²) in [6.45, 7) is 3.19. The largest absolute Gasteiger partial charge is 0.285 e. The van der Waals surface area contributed by atoms with Gasteiger partial charge in [0.2, 0.25) is 0 Å². The Bertz CT molecular complexity index is 451. The maximum absolute atomic E-state index is 13.0. The zero-order valence-corrected chi connectivity index (χ0v) is 8.73. The molecule has 3 nitrogen and oxygen atoms in total. The zero-order chi connectivity index (χ0) is 10.9. The van der Waals surface area contributed by atoms with Gasteiger partial charge < -0.3 is 0 Å². The van der Waals surface area contributed by atoms with Crippen LogP contribution in [-0.4, -0.2) is 13.0 Å². The highest BCUT2D eigenvalue weighted by molar-refractivity contribution is 7.85. The Balaban J connectivity index is 3.19. The van der Waals surface area contributed by atoms with Crippen molar-refractivity contribution >= 4 is 10.1 Å². The lowest BCUT2D eigenvalue weighted by atomic mass is 10.0. The van der Waals surface area contributed by atoms with Crippen molar-refractivity contribution in [1.29, 1.82) is 0 Å². The van der Waals surface area contributed by atoms with Crippen molar-refractivity contribution < 1.29 is 17.4 Å². The maximum Gasteiger partial charge on any atom is 0.269 e. The third kappa shape index (κ3) is 2.52. The van der Waals surface area contributed by atoms with Crippen molar-refractivity contribution in [2.45, 2.75) is 19.6 Å². The molecule has 0 radical (unpaired) electrons. The van der Waals surface area contributed by atoms with Crippen LogP contribution in [0.1, 0.15) is 16.7 Å². The van der Waals surface area contributed by atoms with Crippen LogP contribution in [0.5, 0.6) is 0 Å². The van der Waals surface area contributed by atoms with E-state index in [1.54, 1.807) is 13.8 Å². The predicted molar refractivity (Wildman–Crippen MR) is 51.1 cm³/mol. The average molecular weight is 218 g/mol. The molecule has 0 aliphatic carbocycles. The molecule has 0 heterocycles. The van der Waals surface area contributed by atoms with E-state index >= 15 is 0 Å². The van der Waals surface area contributed by atoms with Gasteiger partial charge in [-0.15, -0.1) is 0 Å². The fourth-order valence-corrected chi connectivity index (χ4v) is 1.90. The molecule has 0 atom stereocenters. The van der Waals surface area contributed by atoms with Gasteiger partial charge in [-0.3, -0.25) is 4.55 Å². The first-order valence-corrected chi connectivity index (χ1v) is 5.62. The van der Waals surface area contributed by atoms with Gasteiger partial charge >= 0.3 is 0 Å². The van der Waals surface area contributed by atoms with Gasteiger partial charge in [0.15, 0.2) is 0 Å². The second-order valence-electron chi connectivity index (χ2n) is 3.18. The molecular formula is C9H11FO3S. The minimum absolute atomic E-state index is 0.374. The molecule has 1 aromatic rings. The van der Waals surface area contributed by atoms with Crippen molar-refractivity contribution in [3.05, 3.63) is 34.6 Å². The van der Waals surface area contributed by atoms with Crippen LogP contribution in [0.3, 0.4) is 0 Å². The first-order valence-electron chi connectivity index (χ1n) is 4.01. The Kier molecular flexibility index (Phi) is 2.92. The fraction of sp³-hybridized carbons (Fsp3) is 0.333. The summed E-state index contributed by atoms with van der Waals surface area (Å²) in [5.74, 6) is -0.846. The van der Waals surface area contributed by atoms with Crippen molar-refractivity contribution in [2.24, 2.45) is 0 Å². The summed E-state index contributed by atoms with van der Waals surface area (Å²) in [6, 6.07) is 2.56. The molecule has 1 N–H and O–H groups in total. The number of benzene rings is 1. The quantitative estimate of drug-likeness (QED) is 0.770. The lowest BCUT2D eigenvalue weighted by Gasteiger charge is -2.07. The van der Waals surface area contributed by atoms with Crippen LogP contribution in [0, 0.1) is 19.7 Å². The molecule has 14 heavy (non-hydrogen) atoms. The summed E-state index contributed by atoms with van der Waals surface area (Å²) in [5.41, 5.74) is 1.39. The van der Waals surface area contributed by atoms with Crippen LogP contribution in [-0.2, 0) is 15.9 Å². The summed E-state index contributed by atoms with van der Waals surface area (Å²) in [7, 11) is -4.05. The monoisotopic (exact) mass is 218 g/mol. The molecule has 0 saturated carbocycles. The van der Waals surface area contributed by atoms with E-state index in [1.165, 1.54) is 12.1 Å². The van der Waals surface area contributed by atoms with Crippen molar-refractivity contribution in [1.82, 2.24) is 0 Å². The highest BCUT2D eigenvalue weighted by atomic mass is 32.2. The summed E-state index contributed by atoms with van der Waals surface area (Å²) < 4.78 is 42.8. The number of rotatable bonds is 2. The van der Waals surface area contributed by atoms with Crippen LogP contribution in [0.25, 0.3) is 0 Å². The molecule has 1 rings (SSSR count). The normalized spacial score (nSPS) is 11.7. The molecule has 0 fully saturated rings. The molecule has 0 bridgehead atoms. The van der Waals surface area contributed by atoms with Crippen LogP contribution < -0.4 is 0 Å². The standard InChI is InChI=1S/C9H11FO3S/c1-6-7(2)9(10)4-3-8(6)5-14(11,12)13/h3-4H,5H2,1-2H3,(H,11,12,13). The average Bonchev–Trinajstić information content (AvgIpc) is 2.04. The molecule has 0 aliphatic heterocycles. The predicted octanol–water partition coefficient (Wildman–Crippen LogP) is 1.83. The number of halogens is 1. The summed E-state index contributed by atoms with van der Waals surface area (Å²) in [5, 5.41) is 0. The second kappa shape index (κ2) is 3.67. The topological polar surface area (TPSA) is 54.4 Å². The second-order valence-corrected chi connectivity index (χ2v) is 4.64. The summed E-state index contributed by atoms with van der Waals surface area (Å²) in [6.07, 6.45) is 0. The Morgan fingerprint density at radius 2 is 1.86 bits per heavy atom. The zero-order valence-electron chi connectivity index (χ0n) is 7.91. The van der Waals surface area contributed by atoms with E-state index in [4.69, 9.17) is 4.55 Å². The Morgan fingerprint density at radius 1 is 1.29 bits per heavy atom. The molecule has 1 aromatic carbocycles. The highest BCUT2D eigenvalue weighted by Crippen LogP contribution is 2.18. The Hall–Kier alpha value is -0.940. The molecule has 0 saturated heterocycles. The van der Waals surface area contributed by atoms with Crippen molar-refractivity contribution in [3.8, 4) is 0 Å². The molecule has 78 valence electrons. The van der Waals surface area contributed by atoms with Gasteiger partial charge in [-0.25, -0.2) is 4.39 Å².